The smallest absolute Gasteiger partial charge is 0.244 e. The van der Waals surface area contributed by atoms with E-state index in [4.69, 9.17) is 0 Å². The van der Waals surface area contributed by atoms with E-state index in [0.717, 1.165) is 4.47 Å². The monoisotopic (exact) mass is 432 g/mol. The maximum Gasteiger partial charge on any atom is 0.244 e. The fraction of sp³-hybridized carbons (Fsp3) is 0.455. The molecule has 1 aromatic carbocycles. The summed E-state index contributed by atoms with van der Waals surface area (Å²) in [6.45, 7) is 3.80. The van der Waals surface area contributed by atoms with Crippen LogP contribution in [0.1, 0.15) is 6.92 Å². The molecule has 0 bridgehead atoms. The van der Waals surface area contributed by atoms with Crippen molar-refractivity contribution in [3.63, 3.8) is 0 Å². The largest absolute Gasteiger partial charge is 0.314 e. The molecule has 1 atom stereocenters. The Morgan fingerprint density at radius 3 is 2.63 bits per heavy atom. The van der Waals surface area contributed by atoms with Crippen molar-refractivity contribution in [2.24, 2.45) is 0 Å². The van der Waals surface area contributed by atoms with Crippen molar-refractivity contribution in [2.45, 2.75) is 17.9 Å². The van der Waals surface area contributed by atoms with Crippen LogP contribution in [0.25, 0.3) is 0 Å². The van der Waals surface area contributed by atoms with Gasteiger partial charge in [-0.1, -0.05) is 15.9 Å². The quantitative estimate of drug-likeness (QED) is 0.779. The zero-order valence-electron chi connectivity index (χ0n) is 10.3. The number of hydrogen-bond donors (Lipinski definition) is 1. The minimum absolute atomic E-state index is 0. The summed E-state index contributed by atoms with van der Waals surface area (Å²) in [5.41, 5.74) is 0. The van der Waals surface area contributed by atoms with Crippen molar-refractivity contribution in [3.8, 4) is 0 Å². The number of benzene rings is 1. The first-order chi connectivity index (χ1) is 8.43. The van der Waals surface area contributed by atoms with Gasteiger partial charge in [0.2, 0.25) is 10.0 Å². The Bertz CT molecular complexity index is 554. The van der Waals surface area contributed by atoms with Gasteiger partial charge < -0.3 is 5.32 Å². The van der Waals surface area contributed by atoms with Crippen LogP contribution in [0.2, 0.25) is 0 Å². The van der Waals surface area contributed by atoms with E-state index in [1.807, 2.05) is 6.92 Å². The number of hydrogen-bond acceptors (Lipinski definition) is 3. The van der Waals surface area contributed by atoms with Gasteiger partial charge in [0.1, 0.15) is 0 Å². The van der Waals surface area contributed by atoms with Crippen LogP contribution in [-0.2, 0) is 10.0 Å². The molecule has 1 aliphatic rings. The molecule has 0 saturated carbocycles. The average Bonchev–Trinajstić information content (AvgIpc) is 2.28. The van der Waals surface area contributed by atoms with Gasteiger partial charge in [-0.05, 0) is 41.1 Å². The standard InChI is InChI=1S/C11H14Br2N2O2S.ClH/c1-8-7-14-4-5-15(8)18(16,17)11-3-2-9(12)6-10(11)13;/h2-3,6,8,14H,4-5,7H2,1H3;1H/t8-;/m0./s1. The van der Waals surface area contributed by atoms with E-state index in [0.29, 0.717) is 29.0 Å². The summed E-state index contributed by atoms with van der Waals surface area (Å²) in [7, 11) is -3.43. The molecule has 19 heavy (non-hydrogen) atoms. The first-order valence-electron chi connectivity index (χ1n) is 5.60. The molecule has 1 aromatic rings. The molecule has 108 valence electrons. The third-order valence-corrected chi connectivity index (χ3v) is 6.40. The average molecular weight is 435 g/mol. The number of nitrogens with one attached hydrogen (secondary N) is 1. The zero-order chi connectivity index (χ0) is 13.3. The highest BCUT2D eigenvalue weighted by molar-refractivity contribution is 9.11. The summed E-state index contributed by atoms with van der Waals surface area (Å²) >= 11 is 6.64. The van der Waals surface area contributed by atoms with Gasteiger partial charge in [0.25, 0.3) is 0 Å². The fourth-order valence-corrected chi connectivity index (χ4v) is 5.33. The number of halogens is 3. The normalized spacial score (nSPS) is 20.9. The highest BCUT2D eigenvalue weighted by atomic mass is 79.9. The molecule has 8 heteroatoms. The Kier molecular flexibility index (Phi) is 6.28. The van der Waals surface area contributed by atoms with Gasteiger partial charge in [0.15, 0.2) is 0 Å². The lowest BCUT2D eigenvalue weighted by atomic mass is 10.3. The highest BCUT2D eigenvalue weighted by Crippen LogP contribution is 2.29. The molecule has 1 saturated heterocycles. The minimum atomic E-state index is -3.43. The molecular formula is C11H15Br2ClN2O2S. The SMILES string of the molecule is C[C@H]1CNCCN1S(=O)(=O)c1ccc(Br)cc1Br.Cl. The van der Waals surface area contributed by atoms with E-state index >= 15 is 0 Å². The lowest BCUT2D eigenvalue weighted by Gasteiger charge is -2.33. The molecule has 0 spiro atoms. The molecule has 1 heterocycles. The number of sulfonamides is 1. The Morgan fingerprint density at radius 2 is 2.05 bits per heavy atom. The Balaban J connectivity index is 0.00000180. The fourth-order valence-electron chi connectivity index (χ4n) is 1.99. The van der Waals surface area contributed by atoms with E-state index < -0.39 is 10.0 Å². The second kappa shape index (κ2) is 6.87. The molecule has 0 amide bonds. The van der Waals surface area contributed by atoms with Crippen LogP contribution in [0.3, 0.4) is 0 Å². The topological polar surface area (TPSA) is 49.4 Å². The zero-order valence-corrected chi connectivity index (χ0v) is 15.1. The van der Waals surface area contributed by atoms with Crippen LogP contribution >= 0.6 is 44.3 Å². The predicted molar refractivity (Wildman–Crippen MR) is 85.3 cm³/mol. The first-order valence-corrected chi connectivity index (χ1v) is 8.63. The molecule has 0 radical (unpaired) electrons. The van der Waals surface area contributed by atoms with Gasteiger partial charge in [-0.15, -0.1) is 12.4 Å². The van der Waals surface area contributed by atoms with Gasteiger partial charge in [0.05, 0.1) is 4.90 Å². The Hall–Kier alpha value is 0.340. The molecule has 1 fully saturated rings. The summed E-state index contributed by atoms with van der Waals surface area (Å²) in [4.78, 5) is 0.319. The van der Waals surface area contributed by atoms with Crippen LogP contribution < -0.4 is 5.32 Å². The number of nitrogens with zero attached hydrogens (tertiary/aromatic N) is 1. The van der Waals surface area contributed by atoms with Crippen molar-refractivity contribution in [2.75, 3.05) is 19.6 Å². The van der Waals surface area contributed by atoms with E-state index in [-0.39, 0.29) is 18.4 Å². The van der Waals surface area contributed by atoms with Gasteiger partial charge >= 0.3 is 0 Å². The Labute approximate surface area is 136 Å². The highest BCUT2D eigenvalue weighted by Gasteiger charge is 2.32. The van der Waals surface area contributed by atoms with Crippen LogP contribution in [0.5, 0.6) is 0 Å². The van der Waals surface area contributed by atoms with Crippen LogP contribution in [0.15, 0.2) is 32.0 Å². The number of piperazine rings is 1. The molecule has 0 aliphatic carbocycles. The summed E-state index contributed by atoms with van der Waals surface area (Å²) in [5.74, 6) is 0. The molecule has 1 aliphatic heterocycles. The van der Waals surface area contributed by atoms with Gasteiger partial charge in [0, 0.05) is 34.6 Å². The summed E-state index contributed by atoms with van der Waals surface area (Å²) < 4.78 is 28.2. The molecule has 0 aromatic heterocycles. The van der Waals surface area contributed by atoms with Gasteiger partial charge in [-0.25, -0.2) is 8.42 Å². The van der Waals surface area contributed by atoms with Crippen molar-refractivity contribution in [1.29, 1.82) is 0 Å². The second-order valence-electron chi connectivity index (χ2n) is 4.24. The van der Waals surface area contributed by atoms with Crippen LogP contribution in [0, 0.1) is 0 Å². The van der Waals surface area contributed by atoms with E-state index in [2.05, 4.69) is 37.2 Å². The molecule has 2 rings (SSSR count). The van der Waals surface area contributed by atoms with Crippen molar-refractivity contribution in [3.05, 3.63) is 27.1 Å². The molecule has 0 unspecified atom stereocenters. The van der Waals surface area contributed by atoms with Crippen molar-refractivity contribution < 1.29 is 8.42 Å². The van der Waals surface area contributed by atoms with Gasteiger partial charge in [-0.2, -0.15) is 4.31 Å². The van der Waals surface area contributed by atoms with E-state index in [1.54, 1.807) is 22.5 Å². The predicted octanol–water partition coefficient (Wildman–Crippen LogP) is 2.62. The lowest BCUT2D eigenvalue weighted by molar-refractivity contribution is 0.283. The third kappa shape index (κ3) is 3.71. The maximum atomic E-state index is 12.6. The first kappa shape index (κ1) is 17.4. The van der Waals surface area contributed by atoms with Gasteiger partial charge in [-0.3, -0.25) is 0 Å². The minimum Gasteiger partial charge on any atom is -0.314 e. The maximum absolute atomic E-state index is 12.6. The summed E-state index contributed by atoms with van der Waals surface area (Å²) in [5, 5.41) is 3.19. The van der Waals surface area contributed by atoms with Crippen molar-refractivity contribution >= 4 is 54.3 Å². The second-order valence-corrected chi connectivity index (χ2v) is 7.87. The Morgan fingerprint density at radius 1 is 1.37 bits per heavy atom. The summed E-state index contributed by atoms with van der Waals surface area (Å²) in [6, 6.07) is 5.09. The molecule has 4 nitrogen and oxygen atoms in total. The third-order valence-electron chi connectivity index (χ3n) is 2.92. The van der Waals surface area contributed by atoms with Crippen LogP contribution in [-0.4, -0.2) is 38.4 Å². The van der Waals surface area contributed by atoms with Crippen LogP contribution in [0.4, 0.5) is 0 Å². The number of rotatable bonds is 2. The van der Waals surface area contributed by atoms with E-state index in [1.165, 1.54) is 0 Å². The molecular weight excluding hydrogens is 419 g/mol. The van der Waals surface area contributed by atoms with E-state index in [9.17, 15) is 8.42 Å². The lowest BCUT2D eigenvalue weighted by Crippen LogP contribution is -2.52. The summed E-state index contributed by atoms with van der Waals surface area (Å²) in [6.07, 6.45) is 0. The molecule has 1 N–H and O–H groups in total. The van der Waals surface area contributed by atoms with Crippen molar-refractivity contribution in [1.82, 2.24) is 9.62 Å².